The minimum absolute atomic E-state index is 0.0211. The van der Waals surface area contributed by atoms with Crippen molar-refractivity contribution < 1.29 is 4.79 Å². The number of rotatable bonds is 2. The molecule has 54 valence electrons. The van der Waals surface area contributed by atoms with Crippen molar-refractivity contribution in [1.29, 1.82) is 0 Å². The molecule has 3 N–H and O–H groups in total. The lowest BCUT2D eigenvalue weighted by Gasteiger charge is -1.85. The van der Waals surface area contributed by atoms with Crippen LogP contribution in [-0.4, -0.2) is 15.8 Å². The van der Waals surface area contributed by atoms with Gasteiger partial charge in [-0.2, -0.15) is 0 Å². The molecule has 4 heteroatoms. The molecule has 0 amide bonds. The third kappa shape index (κ3) is 1.22. The number of nitrogens with two attached hydrogens (primary N) is 1. The van der Waals surface area contributed by atoms with E-state index in [2.05, 4.69) is 9.97 Å². The number of nitrogens with one attached hydrogen (secondary N) is 1. The van der Waals surface area contributed by atoms with Gasteiger partial charge in [-0.3, -0.25) is 4.79 Å². The standard InChI is InChI=1S/C6H9N3O/c1-4(10)5-3-8-6(2-7)9-5/h3H,2,7H2,1H3,(H,8,9). The summed E-state index contributed by atoms with van der Waals surface area (Å²) >= 11 is 0. The van der Waals surface area contributed by atoms with E-state index in [1.165, 1.54) is 13.1 Å². The molecule has 4 nitrogen and oxygen atoms in total. The summed E-state index contributed by atoms with van der Waals surface area (Å²) in [5, 5.41) is 0. The van der Waals surface area contributed by atoms with Crippen LogP contribution in [0.4, 0.5) is 0 Å². The summed E-state index contributed by atoms with van der Waals surface area (Å²) in [7, 11) is 0. The summed E-state index contributed by atoms with van der Waals surface area (Å²) in [5.74, 6) is 0.623. The summed E-state index contributed by atoms with van der Waals surface area (Å²) < 4.78 is 0. The van der Waals surface area contributed by atoms with Crippen LogP contribution < -0.4 is 5.73 Å². The van der Waals surface area contributed by atoms with Crippen molar-refractivity contribution in [2.75, 3.05) is 0 Å². The first-order valence-electron chi connectivity index (χ1n) is 2.99. The molecule has 0 atom stereocenters. The molecular formula is C6H9N3O. The molecule has 1 rings (SSSR count). The van der Waals surface area contributed by atoms with Gasteiger partial charge in [0, 0.05) is 6.92 Å². The zero-order valence-electron chi connectivity index (χ0n) is 5.72. The van der Waals surface area contributed by atoms with Crippen LogP contribution in [0.5, 0.6) is 0 Å². The van der Waals surface area contributed by atoms with Gasteiger partial charge in [0.2, 0.25) is 0 Å². The van der Waals surface area contributed by atoms with Gasteiger partial charge in [0.1, 0.15) is 11.5 Å². The predicted molar refractivity (Wildman–Crippen MR) is 36.5 cm³/mol. The number of aromatic amines is 1. The molecule has 0 radical (unpaired) electrons. The number of imidazole rings is 1. The van der Waals surface area contributed by atoms with Gasteiger partial charge >= 0.3 is 0 Å². The molecule has 0 aliphatic heterocycles. The van der Waals surface area contributed by atoms with Crippen LogP contribution in [0.1, 0.15) is 23.2 Å². The maximum Gasteiger partial charge on any atom is 0.177 e. The highest BCUT2D eigenvalue weighted by Gasteiger charge is 2.01. The average molecular weight is 139 g/mol. The fourth-order valence-corrected chi connectivity index (χ4v) is 0.645. The molecule has 1 heterocycles. The second-order valence-electron chi connectivity index (χ2n) is 2.00. The van der Waals surface area contributed by atoms with Crippen LogP contribution in [0.15, 0.2) is 6.20 Å². The Morgan fingerprint density at radius 1 is 1.90 bits per heavy atom. The number of carbonyl (C=O) groups excluding carboxylic acids is 1. The normalized spacial score (nSPS) is 9.80. The van der Waals surface area contributed by atoms with Crippen molar-refractivity contribution in [2.45, 2.75) is 13.5 Å². The molecule has 0 saturated carbocycles. The predicted octanol–water partition coefficient (Wildman–Crippen LogP) is 0.0710. The van der Waals surface area contributed by atoms with E-state index in [0.29, 0.717) is 18.1 Å². The monoisotopic (exact) mass is 139 g/mol. The lowest BCUT2D eigenvalue weighted by atomic mass is 10.3. The number of Topliss-reactive ketones (excluding diaryl/α,β-unsaturated/α-hetero) is 1. The van der Waals surface area contributed by atoms with E-state index in [9.17, 15) is 4.79 Å². The molecule has 0 bridgehead atoms. The van der Waals surface area contributed by atoms with Crippen molar-refractivity contribution in [3.8, 4) is 0 Å². The highest BCUT2D eigenvalue weighted by atomic mass is 16.1. The fourth-order valence-electron chi connectivity index (χ4n) is 0.645. The van der Waals surface area contributed by atoms with Crippen molar-refractivity contribution in [3.05, 3.63) is 17.7 Å². The quantitative estimate of drug-likeness (QED) is 0.569. The molecule has 0 spiro atoms. The molecule has 0 aliphatic carbocycles. The zero-order valence-corrected chi connectivity index (χ0v) is 5.72. The smallest absolute Gasteiger partial charge is 0.177 e. The molecule has 0 unspecified atom stereocenters. The van der Waals surface area contributed by atoms with Crippen LogP contribution in [0.3, 0.4) is 0 Å². The van der Waals surface area contributed by atoms with E-state index in [4.69, 9.17) is 5.73 Å². The largest absolute Gasteiger partial charge is 0.339 e. The number of ketones is 1. The van der Waals surface area contributed by atoms with E-state index < -0.39 is 0 Å². The van der Waals surface area contributed by atoms with Crippen LogP contribution in [-0.2, 0) is 6.54 Å². The second-order valence-corrected chi connectivity index (χ2v) is 2.00. The summed E-state index contributed by atoms with van der Waals surface area (Å²) in [6.07, 6.45) is 1.49. The molecule has 0 aliphatic rings. The summed E-state index contributed by atoms with van der Waals surface area (Å²) in [6.45, 7) is 1.82. The SMILES string of the molecule is CC(=O)c1cnc(CN)[nH]1. The van der Waals surface area contributed by atoms with E-state index in [1.807, 2.05) is 0 Å². The van der Waals surface area contributed by atoms with Crippen molar-refractivity contribution in [2.24, 2.45) is 5.73 Å². The van der Waals surface area contributed by atoms with Gasteiger partial charge in [0.25, 0.3) is 0 Å². The average Bonchev–Trinajstić information content (AvgIpc) is 2.34. The van der Waals surface area contributed by atoms with E-state index in [0.717, 1.165) is 0 Å². The molecule has 0 aromatic carbocycles. The number of hydrogen-bond donors (Lipinski definition) is 2. The van der Waals surface area contributed by atoms with Crippen LogP contribution >= 0.6 is 0 Å². The number of H-pyrrole nitrogens is 1. The lowest BCUT2D eigenvalue weighted by Crippen LogP contribution is -1.99. The Balaban J connectivity index is 2.88. The van der Waals surface area contributed by atoms with Crippen LogP contribution in [0, 0.1) is 0 Å². The molecule has 1 aromatic heterocycles. The van der Waals surface area contributed by atoms with E-state index in [1.54, 1.807) is 0 Å². The number of carbonyl (C=O) groups is 1. The summed E-state index contributed by atoms with van der Waals surface area (Å²) in [6, 6.07) is 0. The molecule has 10 heavy (non-hydrogen) atoms. The first-order chi connectivity index (χ1) is 4.74. The van der Waals surface area contributed by atoms with Gasteiger partial charge in [-0.1, -0.05) is 0 Å². The molecule has 1 aromatic rings. The number of hydrogen-bond acceptors (Lipinski definition) is 3. The minimum atomic E-state index is -0.0211. The Hall–Kier alpha value is -1.16. The maximum atomic E-state index is 10.7. The summed E-state index contributed by atoms with van der Waals surface area (Å²) in [5.41, 5.74) is 5.77. The first kappa shape index (κ1) is 6.95. The first-order valence-corrected chi connectivity index (χ1v) is 2.99. The molecule has 0 saturated heterocycles. The van der Waals surface area contributed by atoms with Crippen molar-refractivity contribution in [3.63, 3.8) is 0 Å². The Morgan fingerprint density at radius 3 is 2.90 bits per heavy atom. The number of nitrogens with zero attached hydrogens (tertiary/aromatic N) is 1. The van der Waals surface area contributed by atoms with Gasteiger partial charge in [-0.25, -0.2) is 4.98 Å². The number of aromatic nitrogens is 2. The molecular weight excluding hydrogens is 130 g/mol. The van der Waals surface area contributed by atoms with Gasteiger partial charge in [-0.05, 0) is 0 Å². The highest BCUT2D eigenvalue weighted by Crippen LogP contribution is 1.95. The van der Waals surface area contributed by atoms with Gasteiger partial charge in [0.15, 0.2) is 5.78 Å². The highest BCUT2D eigenvalue weighted by molar-refractivity contribution is 5.91. The Labute approximate surface area is 58.5 Å². The minimum Gasteiger partial charge on any atom is -0.339 e. The Bertz CT molecular complexity index is 241. The Kier molecular flexibility index (Phi) is 1.82. The van der Waals surface area contributed by atoms with E-state index >= 15 is 0 Å². The zero-order chi connectivity index (χ0) is 7.56. The lowest BCUT2D eigenvalue weighted by molar-refractivity contribution is 0.101. The Morgan fingerprint density at radius 2 is 2.60 bits per heavy atom. The molecule has 0 fully saturated rings. The third-order valence-corrected chi connectivity index (χ3v) is 1.20. The van der Waals surface area contributed by atoms with Crippen molar-refractivity contribution >= 4 is 5.78 Å². The van der Waals surface area contributed by atoms with Gasteiger partial charge in [-0.15, -0.1) is 0 Å². The maximum absolute atomic E-state index is 10.7. The van der Waals surface area contributed by atoms with Crippen molar-refractivity contribution in [1.82, 2.24) is 9.97 Å². The van der Waals surface area contributed by atoms with Gasteiger partial charge < -0.3 is 10.7 Å². The van der Waals surface area contributed by atoms with Crippen LogP contribution in [0.25, 0.3) is 0 Å². The fraction of sp³-hybridized carbons (Fsp3) is 0.333. The van der Waals surface area contributed by atoms with Gasteiger partial charge in [0.05, 0.1) is 12.7 Å². The topological polar surface area (TPSA) is 71.8 Å². The second kappa shape index (κ2) is 2.62. The third-order valence-electron chi connectivity index (χ3n) is 1.20. The summed E-state index contributed by atoms with van der Waals surface area (Å²) in [4.78, 5) is 17.3. The van der Waals surface area contributed by atoms with E-state index in [-0.39, 0.29) is 5.78 Å². The van der Waals surface area contributed by atoms with Crippen LogP contribution in [0.2, 0.25) is 0 Å².